The summed E-state index contributed by atoms with van der Waals surface area (Å²) in [5, 5.41) is 7.48. The van der Waals surface area contributed by atoms with Crippen LogP contribution in [0.4, 0.5) is 11.4 Å². The van der Waals surface area contributed by atoms with Crippen molar-refractivity contribution >= 4 is 11.4 Å². The number of aromatic nitrogens is 2. The van der Waals surface area contributed by atoms with Gasteiger partial charge in [0, 0.05) is 18.9 Å². The number of nitrogens with zero attached hydrogens (tertiary/aromatic N) is 2. The highest BCUT2D eigenvalue weighted by atomic mass is 15.3. The first-order valence-corrected chi connectivity index (χ1v) is 5.13. The fraction of sp³-hybridized carbons (Fsp3) is 0.250. The second-order valence-electron chi connectivity index (χ2n) is 3.54. The molecule has 0 atom stereocenters. The molecule has 15 heavy (non-hydrogen) atoms. The number of benzene rings is 1. The maximum absolute atomic E-state index is 4.12. The van der Waals surface area contributed by atoms with Crippen LogP contribution in [0.3, 0.4) is 0 Å². The van der Waals surface area contributed by atoms with Crippen LogP contribution >= 0.6 is 0 Å². The normalized spacial score (nSPS) is 10.3. The monoisotopic (exact) mass is 201 g/mol. The van der Waals surface area contributed by atoms with Crippen LogP contribution in [-0.2, 0) is 13.5 Å². The topological polar surface area (TPSA) is 29.9 Å². The fourth-order valence-corrected chi connectivity index (χ4v) is 1.59. The summed E-state index contributed by atoms with van der Waals surface area (Å²) in [6.45, 7) is 2.16. The molecule has 2 aromatic rings. The van der Waals surface area contributed by atoms with Gasteiger partial charge in [-0.05, 0) is 18.1 Å². The third-order valence-electron chi connectivity index (χ3n) is 2.38. The van der Waals surface area contributed by atoms with Crippen LogP contribution in [0.1, 0.15) is 12.5 Å². The molecule has 0 bridgehead atoms. The highest BCUT2D eigenvalue weighted by Crippen LogP contribution is 2.20. The van der Waals surface area contributed by atoms with Gasteiger partial charge >= 0.3 is 0 Å². The predicted molar refractivity (Wildman–Crippen MR) is 62.3 cm³/mol. The van der Waals surface area contributed by atoms with E-state index in [1.807, 2.05) is 25.5 Å². The van der Waals surface area contributed by atoms with Gasteiger partial charge < -0.3 is 5.32 Å². The minimum absolute atomic E-state index is 1.03. The molecule has 0 aliphatic carbocycles. The molecule has 0 saturated heterocycles. The van der Waals surface area contributed by atoms with Crippen molar-refractivity contribution in [2.24, 2.45) is 7.05 Å². The molecule has 2 rings (SSSR count). The Morgan fingerprint density at radius 2 is 2.13 bits per heavy atom. The summed E-state index contributed by atoms with van der Waals surface area (Å²) < 4.78 is 1.79. The van der Waals surface area contributed by atoms with E-state index in [0.717, 1.165) is 17.8 Å². The van der Waals surface area contributed by atoms with Gasteiger partial charge in [0.2, 0.25) is 0 Å². The lowest BCUT2D eigenvalue weighted by Crippen LogP contribution is -1.93. The Morgan fingerprint density at radius 1 is 1.33 bits per heavy atom. The molecule has 0 aliphatic heterocycles. The summed E-state index contributed by atoms with van der Waals surface area (Å²) in [5.74, 6) is 0. The summed E-state index contributed by atoms with van der Waals surface area (Å²) >= 11 is 0. The molecule has 0 radical (unpaired) electrons. The summed E-state index contributed by atoms with van der Waals surface area (Å²) in [7, 11) is 1.91. The first-order valence-electron chi connectivity index (χ1n) is 5.13. The van der Waals surface area contributed by atoms with Crippen LogP contribution in [0.15, 0.2) is 36.7 Å². The number of hydrogen-bond acceptors (Lipinski definition) is 2. The largest absolute Gasteiger partial charge is 0.353 e. The molecule has 0 saturated carbocycles. The zero-order valence-corrected chi connectivity index (χ0v) is 9.07. The van der Waals surface area contributed by atoms with Crippen LogP contribution < -0.4 is 5.32 Å². The molecule has 0 spiro atoms. The summed E-state index contributed by atoms with van der Waals surface area (Å²) in [6, 6.07) is 8.33. The van der Waals surface area contributed by atoms with E-state index >= 15 is 0 Å². The second kappa shape index (κ2) is 4.17. The van der Waals surface area contributed by atoms with E-state index in [-0.39, 0.29) is 0 Å². The van der Waals surface area contributed by atoms with Crippen molar-refractivity contribution in [2.75, 3.05) is 5.32 Å². The SMILES string of the molecule is CCc1ccccc1Nc1cnn(C)c1. The zero-order chi connectivity index (χ0) is 10.7. The molecule has 1 aromatic carbocycles. The number of hydrogen-bond donors (Lipinski definition) is 1. The molecular weight excluding hydrogens is 186 g/mol. The quantitative estimate of drug-likeness (QED) is 0.827. The van der Waals surface area contributed by atoms with Gasteiger partial charge in [0.15, 0.2) is 0 Å². The second-order valence-corrected chi connectivity index (χ2v) is 3.54. The lowest BCUT2D eigenvalue weighted by molar-refractivity contribution is 0.768. The minimum Gasteiger partial charge on any atom is -0.353 e. The van der Waals surface area contributed by atoms with Crippen molar-refractivity contribution in [1.29, 1.82) is 0 Å². The van der Waals surface area contributed by atoms with E-state index in [1.165, 1.54) is 5.56 Å². The molecular formula is C12H15N3. The highest BCUT2D eigenvalue weighted by molar-refractivity contribution is 5.61. The predicted octanol–water partition coefficient (Wildman–Crippen LogP) is 2.73. The van der Waals surface area contributed by atoms with Gasteiger partial charge in [0.05, 0.1) is 11.9 Å². The van der Waals surface area contributed by atoms with Crippen LogP contribution in [0, 0.1) is 0 Å². The third-order valence-corrected chi connectivity index (χ3v) is 2.38. The molecule has 1 aromatic heterocycles. The summed E-state index contributed by atoms with van der Waals surface area (Å²) in [5.41, 5.74) is 3.51. The van der Waals surface area contributed by atoms with Crippen molar-refractivity contribution < 1.29 is 0 Å². The smallest absolute Gasteiger partial charge is 0.0770 e. The molecule has 0 amide bonds. The molecule has 1 N–H and O–H groups in total. The molecule has 3 heteroatoms. The van der Waals surface area contributed by atoms with Gasteiger partial charge in [0.1, 0.15) is 0 Å². The zero-order valence-electron chi connectivity index (χ0n) is 9.07. The van der Waals surface area contributed by atoms with Gasteiger partial charge in [-0.1, -0.05) is 25.1 Å². The molecule has 0 fully saturated rings. The van der Waals surface area contributed by atoms with Crippen LogP contribution in [-0.4, -0.2) is 9.78 Å². The Hall–Kier alpha value is -1.77. The Bertz CT molecular complexity index is 446. The van der Waals surface area contributed by atoms with Gasteiger partial charge in [-0.15, -0.1) is 0 Å². The van der Waals surface area contributed by atoms with E-state index in [2.05, 4.69) is 35.5 Å². The Kier molecular flexibility index (Phi) is 2.72. The summed E-state index contributed by atoms with van der Waals surface area (Å²) in [6.07, 6.45) is 4.82. The van der Waals surface area contributed by atoms with Crippen LogP contribution in [0.2, 0.25) is 0 Å². The highest BCUT2D eigenvalue weighted by Gasteiger charge is 2.00. The van der Waals surface area contributed by atoms with E-state index in [0.29, 0.717) is 0 Å². The Morgan fingerprint density at radius 3 is 2.80 bits per heavy atom. The van der Waals surface area contributed by atoms with Crippen molar-refractivity contribution in [3.05, 3.63) is 42.2 Å². The van der Waals surface area contributed by atoms with E-state index in [1.54, 1.807) is 4.68 Å². The number of anilines is 2. The first-order chi connectivity index (χ1) is 7.29. The average Bonchev–Trinajstić information content (AvgIpc) is 2.65. The molecule has 0 unspecified atom stereocenters. The lowest BCUT2D eigenvalue weighted by Gasteiger charge is -2.08. The number of rotatable bonds is 3. The van der Waals surface area contributed by atoms with Gasteiger partial charge in [-0.25, -0.2) is 0 Å². The maximum atomic E-state index is 4.12. The van der Waals surface area contributed by atoms with E-state index in [9.17, 15) is 0 Å². The summed E-state index contributed by atoms with van der Waals surface area (Å²) in [4.78, 5) is 0. The van der Waals surface area contributed by atoms with E-state index in [4.69, 9.17) is 0 Å². The standard InChI is InChI=1S/C12H15N3/c1-3-10-6-4-5-7-12(10)14-11-8-13-15(2)9-11/h4-9,14H,3H2,1-2H3. The van der Waals surface area contributed by atoms with Crippen LogP contribution in [0.25, 0.3) is 0 Å². The Labute approximate surface area is 89.7 Å². The van der Waals surface area contributed by atoms with Crippen molar-refractivity contribution in [1.82, 2.24) is 9.78 Å². The molecule has 78 valence electrons. The Balaban J connectivity index is 2.23. The molecule has 1 heterocycles. The third kappa shape index (κ3) is 2.18. The minimum atomic E-state index is 1.03. The number of nitrogens with one attached hydrogen (secondary N) is 1. The van der Waals surface area contributed by atoms with Crippen molar-refractivity contribution in [3.63, 3.8) is 0 Å². The van der Waals surface area contributed by atoms with Crippen molar-refractivity contribution in [3.8, 4) is 0 Å². The molecule has 0 aliphatic rings. The van der Waals surface area contributed by atoms with Gasteiger partial charge in [-0.3, -0.25) is 4.68 Å². The average molecular weight is 201 g/mol. The van der Waals surface area contributed by atoms with E-state index < -0.39 is 0 Å². The first kappa shape index (κ1) is 9.77. The lowest BCUT2D eigenvalue weighted by atomic mass is 10.1. The fourth-order valence-electron chi connectivity index (χ4n) is 1.59. The maximum Gasteiger partial charge on any atom is 0.0770 e. The van der Waals surface area contributed by atoms with Gasteiger partial charge in [-0.2, -0.15) is 5.10 Å². The van der Waals surface area contributed by atoms with Gasteiger partial charge in [0.25, 0.3) is 0 Å². The number of aryl methyl sites for hydroxylation is 2. The van der Waals surface area contributed by atoms with Crippen molar-refractivity contribution in [2.45, 2.75) is 13.3 Å². The molecule has 3 nitrogen and oxygen atoms in total. The number of para-hydroxylation sites is 1. The van der Waals surface area contributed by atoms with Crippen LogP contribution in [0.5, 0.6) is 0 Å².